The van der Waals surface area contributed by atoms with Gasteiger partial charge >= 0.3 is 0 Å². The Morgan fingerprint density at radius 2 is 1.52 bits per heavy atom. The van der Waals surface area contributed by atoms with Gasteiger partial charge in [0.25, 0.3) is 0 Å². The highest BCUT2D eigenvalue weighted by Gasteiger charge is 2.69. The van der Waals surface area contributed by atoms with Gasteiger partial charge in [-0.15, -0.1) is 0 Å². The van der Waals surface area contributed by atoms with Crippen molar-refractivity contribution in [1.29, 1.82) is 0 Å². The first kappa shape index (κ1) is 30.6. The molecule has 3 aliphatic heterocycles. The molecule has 0 amide bonds. The standard InChI is InChI=1S/C42H60O4/c1-37(2)13-9-15-41(7)29-19-34(44)42-23-40(6,45-22-30(42)26(29)10-11-32(37)41)21-25-17-28-31(43)16-24-20-39(5)14-8-12-38(3,4)33(39)18-27(24)35(28)36(42)46-25/h22,24-27,29,32-33,36H,8-21,23H2,1-7H3. The van der Waals surface area contributed by atoms with Crippen molar-refractivity contribution in [3.05, 3.63) is 23.0 Å². The Hall–Kier alpha value is -1.42. The molecular weight excluding hydrogens is 568 g/mol. The lowest BCUT2D eigenvalue weighted by molar-refractivity contribution is -0.163. The van der Waals surface area contributed by atoms with Gasteiger partial charge in [-0.3, -0.25) is 9.59 Å². The third-order valence-electron chi connectivity index (χ3n) is 17.1. The van der Waals surface area contributed by atoms with Crippen molar-refractivity contribution in [2.24, 2.45) is 62.6 Å². The molecule has 1 spiro atoms. The number of carbonyl (C=O) groups excluding carboxylic acids is 2. The number of hydrogen-bond acceptors (Lipinski definition) is 4. The smallest absolute Gasteiger partial charge is 0.159 e. The predicted octanol–water partition coefficient (Wildman–Crippen LogP) is 9.56. The first-order chi connectivity index (χ1) is 21.6. The van der Waals surface area contributed by atoms with Crippen molar-refractivity contribution in [2.45, 2.75) is 163 Å². The summed E-state index contributed by atoms with van der Waals surface area (Å²) in [6.45, 7) is 17.3. The largest absolute Gasteiger partial charge is 0.495 e. The second-order valence-corrected chi connectivity index (χ2v) is 20.6. The first-order valence-electron chi connectivity index (χ1n) is 19.4. The number of carbonyl (C=O) groups is 2. The molecule has 6 fully saturated rings. The van der Waals surface area contributed by atoms with Crippen LogP contribution in [0.15, 0.2) is 23.0 Å². The average molecular weight is 629 g/mol. The van der Waals surface area contributed by atoms with Gasteiger partial charge in [0.05, 0.1) is 23.9 Å². The summed E-state index contributed by atoms with van der Waals surface area (Å²) in [5.41, 5.74) is 3.62. The van der Waals surface area contributed by atoms with Crippen molar-refractivity contribution in [1.82, 2.24) is 0 Å². The van der Waals surface area contributed by atoms with E-state index >= 15 is 4.79 Å². The molecule has 252 valence electrons. The summed E-state index contributed by atoms with van der Waals surface area (Å²) in [7, 11) is 0. The predicted molar refractivity (Wildman–Crippen MR) is 180 cm³/mol. The Morgan fingerprint density at radius 1 is 0.783 bits per heavy atom. The van der Waals surface area contributed by atoms with E-state index in [9.17, 15) is 4.79 Å². The van der Waals surface area contributed by atoms with Crippen LogP contribution in [0.25, 0.3) is 0 Å². The molecule has 6 aliphatic carbocycles. The lowest BCUT2D eigenvalue weighted by Gasteiger charge is -2.64. The van der Waals surface area contributed by atoms with E-state index in [0.717, 1.165) is 37.7 Å². The summed E-state index contributed by atoms with van der Waals surface area (Å²) >= 11 is 0. The van der Waals surface area contributed by atoms with Crippen LogP contribution in [0, 0.1) is 62.6 Å². The average Bonchev–Trinajstić information content (AvgIpc) is 3.03. The Kier molecular flexibility index (Phi) is 6.27. The number of ether oxygens (including phenoxy) is 2. The molecule has 4 nitrogen and oxygen atoms in total. The van der Waals surface area contributed by atoms with E-state index < -0.39 is 11.0 Å². The molecule has 0 aromatic rings. The van der Waals surface area contributed by atoms with Crippen molar-refractivity contribution < 1.29 is 19.1 Å². The lowest BCUT2D eigenvalue weighted by atomic mass is 9.40. The van der Waals surface area contributed by atoms with Crippen LogP contribution in [0.1, 0.15) is 145 Å². The van der Waals surface area contributed by atoms with Crippen LogP contribution >= 0.6 is 0 Å². The molecule has 0 N–H and O–H groups in total. The van der Waals surface area contributed by atoms with Crippen LogP contribution in [-0.2, 0) is 19.1 Å². The second-order valence-electron chi connectivity index (χ2n) is 20.6. The van der Waals surface area contributed by atoms with Gasteiger partial charge < -0.3 is 9.47 Å². The molecule has 3 heterocycles. The van der Waals surface area contributed by atoms with Crippen LogP contribution in [0.5, 0.6) is 0 Å². The quantitative estimate of drug-likeness (QED) is 0.268. The van der Waals surface area contributed by atoms with Gasteiger partial charge in [-0.1, -0.05) is 54.4 Å². The fourth-order valence-electron chi connectivity index (χ4n) is 15.4. The molecule has 12 unspecified atom stereocenters. The van der Waals surface area contributed by atoms with E-state index in [4.69, 9.17) is 9.47 Å². The minimum atomic E-state index is -0.692. The maximum Gasteiger partial charge on any atom is 0.159 e. The molecule has 0 aromatic carbocycles. The van der Waals surface area contributed by atoms with E-state index in [-0.39, 0.29) is 17.6 Å². The fraction of sp³-hybridized carbons (Fsp3) is 0.857. The first-order valence-corrected chi connectivity index (χ1v) is 19.4. The maximum absolute atomic E-state index is 15.4. The van der Waals surface area contributed by atoms with E-state index in [1.54, 1.807) is 0 Å². The Labute approximate surface area is 278 Å². The zero-order valence-corrected chi connectivity index (χ0v) is 29.9. The number of Topliss-reactive ketones (excluding diaryl/α,β-unsaturated/α-hetero) is 2. The van der Waals surface area contributed by atoms with E-state index in [1.807, 2.05) is 0 Å². The molecule has 4 heteroatoms. The molecule has 9 rings (SSSR count). The van der Waals surface area contributed by atoms with Crippen LogP contribution in [0.4, 0.5) is 0 Å². The minimum Gasteiger partial charge on any atom is -0.495 e. The van der Waals surface area contributed by atoms with Crippen LogP contribution in [0.3, 0.4) is 0 Å². The Bertz CT molecular complexity index is 1450. The number of rotatable bonds is 0. The third-order valence-corrected chi connectivity index (χ3v) is 17.1. The Morgan fingerprint density at radius 3 is 2.30 bits per heavy atom. The summed E-state index contributed by atoms with van der Waals surface area (Å²) in [5.74, 6) is 3.56. The summed E-state index contributed by atoms with van der Waals surface area (Å²) < 4.78 is 14.1. The van der Waals surface area contributed by atoms with Gasteiger partial charge in [-0.25, -0.2) is 0 Å². The lowest BCUT2D eigenvalue weighted by Crippen LogP contribution is -2.62. The molecule has 46 heavy (non-hydrogen) atoms. The van der Waals surface area contributed by atoms with Gasteiger partial charge in [0.2, 0.25) is 0 Å². The van der Waals surface area contributed by atoms with Gasteiger partial charge in [0, 0.05) is 32.1 Å². The molecule has 0 radical (unpaired) electrons. The van der Waals surface area contributed by atoms with Crippen molar-refractivity contribution in [2.75, 3.05) is 0 Å². The zero-order chi connectivity index (χ0) is 32.2. The van der Waals surface area contributed by atoms with Gasteiger partial charge in [0.15, 0.2) is 5.78 Å². The zero-order valence-electron chi connectivity index (χ0n) is 29.9. The topological polar surface area (TPSA) is 52.6 Å². The summed E-state index contributed by atoms with van der Waals surface area (Å²) in [6, 6.07) is 0. The summed E-state index contributed by atoms with van der Waals surface area (Å²) in [6.07, 6.45) is 17.7. The molecule has 1 saturated heterocycles. The van der Waals surface area contributed by atoms with E-state index in [1.165, 1.54) is 56.1 Å². The monoisotopic (exact) mass is 628 g/mol. The second kappa shape index (κ2) is 9.42. The highest BCUT2D eigenvalue weighted by molar-refractivity contribution is 5.99. The van der Waals surface area contributed by atoms with E-state index in [2.05, 4.69) is 54.7 Å². The number of ketones is 2. The van der Waals surface area contributed by atoms with Crippen LogP contribution < -0.4 is 0 Å². The van der Waals surface area contributed by atoms with E-state index in [0.29, 0.717) is 82.6 Å². The van der Waals surface area contributed by atoms with Gasteiger partial charge in [-0.2, -0.15) is 0 Å². The molecule has 0 aromatic heterocycles. The summed E-state index contributed by atoms with van der Waals surface area (Å²) in [4.78, 5) is 29.7. The van der Waals surface area contributed by atoms with Gasteiger partial charge in [-0.05, 0) is 132 Å². The summed E-state index contributed by atoms with van der Waals surface area (Å²) in [5, 5.41) is 0. The Balaban J connectivity index is 1.17. The third kappa shape index (κ3) is 3.89. The van der Waals surface area contributed by atoms with Crippen LogP contribution in [0.2, 0.25) is 0 Å². The normalized spacial score (nSPS) is 53.2. The minimum absolute atomic E-state index is 0.0562. The van der Waals surface area contributed by atoms with Crippen molar-refractivity contribution in [3.63, 3.8) is 0 Å². The number of hydrogen-bond donors (Lipinski definition) is 0. The van der Waals surface area contributed by atoms with Crippen LogP contribution in [-0.4, -0.2) is 29.4 Å². The highest BCUT2D eigenvalue weighted by Crippen LogP contribution is 2.71. The van der Waals surface area contributed by atoms with Crippen molar-refractivity contribution in [3.8, 4) is 0 Å². The van der Waals surface area contributed by atoms with Crippen molar-refractivity contribution >= 4 is 11.6 Å². The molecule has 5 saturated carbocycles. The highest BCUT2D eigenvalue weighted by atomic mass is 16.5. The SMILES string of the molecule is CC12CC3CC4=C(C5CC6C(C)(C)CCCC6(C)CC5CC4=O)C(O3)C3(C1)C(=O)CC1C(CCC4C(C)(C)CCCC14C)C3=CO2. The fourth-order valence-corrected chi connectivity index (χ4v) is 15.4. The molecule has 9 aliphatic rings. The molecule has 12 atom stereocenters. The maximum atomic E-state index is 15.4. The molecule has 4 bridgehead atoms. The van der Waals surface area contributed by atoms with Gasteiger partial charge in [0.1, 0.15) is 11.4 Å². The number of fused-ring (bicyclic) bond motifs is 11. The molecular formula is C42H60O4.